The second-order valence-corrected chi connectivity index (χ2v) is 5.03. The largest absolute Gasteiger partial charge is 0.369 e. The topological polar surface area (TPSA) is 64.2 Å². The summed E-state index contributed by atoms with van der Waals surface area (Å²) in [6.07, 6.45) is 0. The molecule has 1 atom stereocenters. The number of carbonyl (C=O) groups excluding carboxylic acids is 1. The molecule has 1 unspecified atom stereocenters. The SMILES string of the molecule is CCN(C)C(=O)C(C)n1c(N)nc2cc(Cl)c(F)cc21. The molecule has 0 aliphatic rings. The van der Waals surface area contributed by atoms with Crippen LogP contribution in [-0.2, 0) is 4.79 Å². The van der Waals surface area contributed by atoms with Crippen LogP contribution < -0.4 is 5.73 Å². The van der Waals surface area contributed by atoms with Crippen molar-refractivity contribution in [2.75, 3.05) is 19.3 Å². The van der Waals surface area contributed by atoms with Gasteiger partial charge in [0.1, 0.15) is 11.9 Å². The molecule has 0 aliphatic heterocycles. The summed E-state index contributed by atoms with van der Waals surface area (Å²) in [4.78, 5) is 17.9. The van der Waals surface area contributed by atoms with Gasteiger partial charge in [-0.05, 0) is 19.9 Å². The normalized spacial score (nSPS) is 12.7. The van der Waals surface area contributed by atoms with Crippen molar-refractivity contribution in [1.29, 1.82) is 0 Å². The van der Waals surface area contributed by atoms with Crippen LogP contribution in [0.25, 0.3) is 11.0 Å². The number of benzene rings is 1. The molecule has 0 spiro atoms. The summed E-state index contributed by atoms with van der Waals surface area (Å²) in [5, 5.41) is -0.0215. The van der Waals surface area contributed by atoms with Gasteiger partial charge in [-0.2, -0.15) is 0 Å². The number of nitrogens with two attached hydrogens (primary N) is 1. The summed E-state index contributed by atoms with van der Waals surface area (Å²) >= 11 is 5.72. The molecule has 108 valence electrons. The first kappa shape index (κ1) is 14.6. The number of rotatable bonds is 3. The zero-order valence-corrected chi connectivity index (χ0v) is 12.3. The van der Waals surface area contributed by atoms with Crippen LogP contribution in [0.3, 0.4) is 0 Å². The van der Waals surface area contributed by atoms with E-state index in [1.54, 1.807) is 18.9 Å². The lowest BCUT2D eigenvalue weighted by molar-refractivity contribution is -0.132. The molecule has 1 aromatic carbocycles. The van der Waals surface area contributed by atoms with E-state index < -0.39 is 11.9 Å². The number of anilines is 1. The molecule has 1 heterocycles. The predicted molar refractivity (Wildman–Crippen MR) is 77.1 cm³/mol. The fourth-order valence-electron chi connectivity index (χ4n) is 2.10. The van der Waals surface area contributed by atoms with E-state index in [4.69, 9.17) is 17.3 Å². The highest BCUT2D eigenvalue weighted by atomic mass is 35.5. The molecule has 7 heteroatoms. The summed E-state index contributed by atoms with van der Waals surface area (Å²) in [6.45, 7) is 4.16. The maximum absolute atomic E-state index is 13.6. The van der Waals surface area contributed by atoms with Gasteiger partial charge in [-0.25, -0.2) is 9.37 Å². The van der Waals surface area contributed by atoms with Crippen molar-refractivity contribution in [2.24, 2.45) is 0 Å². The van der Waals surface area contributed by atoms with Crippen molar-refractivity contribution in [3.8, 4) is 0 Å². The molecule has 2 rings (SSSR count). The second-order valence-electron chi connectivity index (χ2n) is 4.62. The Kier molecular flexibility index (Phi) is 3.85. The average molecular weight is 299 g/mol. The number of fused-ring (bicyclic) bond motifs is 1. The van der Waals surface area contributed by atoms with Crippen molar-refractivity contribution in [3.05, 3.63) is 23.0 Å². The van der Waals surface area contributed by atoms with E-state index in [-0.39, 0.29) is 16.9 Å². The Morgan fingerprint density at radius 2 is 2.25 bits per heavy atom. The minimum absolute atomic E-state index is 0.0215. The first-order valence-electron chi connectivity index (χ1n) is 6.24. The van der Waals surface area contributed by atoms with Gasteiger partial charge < -0.3 is 10.6 Å². The van der Waals surface area contributed by atoms with Crippen LogP contribution in [0.4, 0.5) is 10.3 Å². The second kappa shape index (κ2) is 5.28. The molecule has 1 aromatic heterocycles. The number of nitrogens with zero attached hydrogens (tertiary/aromatic N) is 3. The highest BCUT2D eigenvalue weighted by molar-refractivity contribution is 6.31. The van der Waals surface area contributed by atoms with E-state index in [1.165, 1.54) is 16.7 Å². The van der Waals surface area contributed by atoms with Crippen LogP contribution in [0.2, 0.25) is 5.02 Å². The van der Waals surface area contributed by atoms with E-state index in [9.17, 15) is 9.18 Å². The molecule has 0 radical (unpaired) electrons. The maximum Gasteiger partial charge on any atom is 0.245 e. The number of carbonyl (C=O) groups is 1. The van der Waals surface area contributed by atoms with Gasteiger partial charge in [-0.15, -0.1) is 0 Å². The number of hydrogen-bond donors (Lipinski definition) is 1. The Morgan fingerprint density at radius 3 is 2.85 bits per heavy atom. The van der Waals surface area contributed by atoms with Crippen LogP contribution in [0.15, 0.2) is 12.1 Å². The van der Waals surface area contributed by atoms with E-state index in [2.05, 4.69) is 4.98 Å². The highest BCUT2D eigenvalue weighted by Crippen LogP contribution is 2.28. The Morgan fingerprint density at radius 1 is 1.60 bits per heavy atom. The number of nitrogen functional groups attached to an aromatic ring is 1. The van der Waals surface area contributed by atoms with Gasteiger partial charge in [0.15, 0.2) is 0 Å². The quantitative estimate of drug-likeness (QED) is 0.946. The highest BCUT2D eigenvalue weighted by Gasteiger charge is 2.23. The first-order valence-corrected chi connectivity index (χ1v) is 6.62. The zero-order chi connectivity index (χ0) is 15.0. The van der Waals surface area contributed by atoms with E-state index >= 15 is 0 Å². The smallest absolute Gasteiger partial charge is 0.245 e. The number of halogens is 2. The van der Waals surface area contributed by atoms with Crippen LogP contribution in [-0.4, -0.2) is 34.0 Å². The van der Waals surface area contributed by atoms with Gasteiger partial charge in [0.05, 0.1) is 16.1 Å². The monoisotopic (exact) mass is 298 g/mol. The molecule has 5 nitrogen and oxygen atoms in total. The molecule has 2 N–H and O–H groups in total. The number of hydrogen-bond acceptors (Lipinski definition) is 3. The summed E-state index contributed by atoms with van der Waals surface area (Å²) < 4.78 is 15.1. The lowest BCUT2D eigenvalue weighted by Crippen LogP contribution is -2.33. The van der Waals surface area contributed by atoms with Crippen LogP contribution >= 0.6 is 11.6 Å². The van der Waals surface area contributed by atoms with Crippen LogP contribution in [0.5, 0.6) is 0 Å². The van der Waals surface area contributed by atoms with Crippen molar-refractivity contribution in [1.82, 2.24) is 14.5 Å². The average Bonchev–Trinajstić information content (AvgIpc) is 2.72. The lowest BCUT2D eigenvalue weighted by Gasteiger charge is -2.21. The Labute approximate surface area is 121 Å². The Hall–Kier alpha value is -1.82. The number of likely N-dealkylation sites (N-methyl/N-ethyl adjacent to an activating group) is 1. The summed E-state index contributed by atoms with van der Waals surface area (Å²) in [7, 11) is 1.70. The third-order valence-corrected chi connectivity index (χ3v) is 3.64. The van der Waals surface area contributed by atoms with Crippen molar-refractivity contribution < 1.29 is 9.18 Å². The van der Waals surface area contributed by atoms with E-state index in [1.807, 2.05) is 6.92 Å². The molecule has 0 saturated carbocycles. The van der Waals surface area contributed by atoms with Gasteiger partial charge in [-0.3, -0.25) is 9.36 Å². The minimum Gasteiger partial charge on any atom is -0.369 e. The van der Waals surface area contributed by atoms with Gasteiger partial charge in [-0.1, -0.05) is 11.6 Å². The van der Waals surface area contributed by atoms with E-state index in [0.717, 1.165) is 0 Å². The van der Waals surface area contributed by atoms with Gasteiger partial charge in [0, 0.05) is 19.7 Å². The molecule has 0 aliphatic carbocycles. The molecular weight excluding hydrogens is 283 g/mol. The molecule has 2 aromatic rings. The third kappa shape index (κ3) is 2.31. The molecule has 0 fully saturated rings. The molecule has 0 saturated heterocycles. The third-order valence-electron chi connectivity index (χ3n) is 3.35. The first-order chi connectivity index (χ1) is 9.36. The summed E-state index contributed by atoms with van der Waals surface area (Å²) in [5.41, 5.74) is 6.77. The zero-order valence-electron chi connectivity index (χ0n) is 11.5. The van der Waals surface area contributed by atoms with E-state index in [0.29, 0.717) is 17.6 Å². The van der Waals surface area contributed by atoms with Gasteiger partial charge in [0.25, 0.3) is 0 Å². The fraction of sp³-hybridized carbons (Fsp3) is 0.385. The van der Waals surface area contributed by atoms with Crippen molar-refractivity contribution >= 4 is 34.5 Å². The minimum atomic E-state index is -0.566. The van der Waals surface area contributed by atoms with Gasteiger partial charge in [0.2, 0.25) is 11.9 Å². The Bertz CT molecular complexity index is 670. The Balaban J connectivity index is 2.56. The standard InChI is InChI=1S/C13H16ClFN4O/c1-4-18(3)12(20)7(2)19-11-6-9(15)8(14)5-10(11)17-13(19)16/h5-7H,4H2,1-3H3,(H2,16,17). The molecule has 1 amide bonds. The summed E-state index contributed by atoms with van der Waals surface area (Å²) in [6, 6.07) is 2.09. The molecule has 20 heavy (non-hydrogen) atoms. The fourth-order valence-corrected chi connectivity index (χ4v) is 2.26. The van der Waals surface area contributed by atoms with Crippen LogP contribution in [0, 0.1) is 5.82 Å². The number of aromatic nitrogens is 2. The van der Waals surface area contributed by atoms with Crippen molar-refractivity contribution in [3.63, 3.8) is 0 Å². The lowest BCUT2D eigenvalue weighted by atomic mass is 10.2. The van der Waals surface area contributed by atoms with Crippen LogP contribution in [0.1, 0.15) is 19.9 Å². The van der Waals surface area contributed by atoms with Crippen molar-refractivity contribution in [2.45, 2.75) is 19.9 Å². The number of imidazole rings is 1. The predicted octanol–water partition coefficient (Wildman–Crippen LogP) is 2.45. The molecule has 0 bridgehead atoms. The molecular formula is C13H16ClFN4O. The van der Waals surface area contributed by atoms with Gasteiger partial charge >= 0.3 is 0 Å². The summed E-state index contributed by atoms with van der Waals surface area (Å²) in [5.74, 6) is -0.523. The maximum atomic E-state index is 13.6. The number of amides is 1.